The third-order valence-electron chi connectivity index (χ3n) is 0.870. The van der Waals surface area contributed by atoms with Gasteiger partial charge in [-0.2, -0.15) is 30.7 Å². The molecule has 0 fully saturated rings. The minimum absolute atomic E-state index is 1.34. The van der Waals surface area contributed by atoms with E-state index < -0.39 is 29.3 Å². The van der Waals surface area contributed by atoms with Crippen molar-refractivity contribution < 1.29 is 30.7 Å². The van der Waals surface area contributed by atoms with Crippen LogP contribution >= 0.6 is 11.9 Å². The number of halogens is 7. The molecule has 0 radical (unpaired) electrons. The average molecular weight is 217 g/mol. The van der Waals surface area contributed by atoms with Gasteiger partial charge in [0.25, 0.3) is 0 Å². The Hall–Kier alpha value is -0.180. The van der Waals surface area contributed by atoms with E-state index in [2.05, 4.69) is 5.14 Å². The number of rotatable bonds is 2. The van der Waals surface area contributed by atoms with Crippen molar-refractivity contribution in [3.63, 3.8) is 0 Å². The van der Waals surface area contributed by atoms with Gasteiger partial charge in [0, 0.05) is 0 Å². The summed E-state index contributed by atoms with van der Waals surface area (Å²) in [6.07, 6.45) is -6.30. The van der Waals surface area contributed by atoms with Crippen molar-refractivity contribution >= 4 is 11.9 Å². The Morgan fingerprint density at radius 2 is 1.17 bits per heavy atom. The van der Waals surface area contributed by atoms with E-state index in [1.165, 1.54) is 0 Å². The summed E-state index contributed by atoms with van der Waals surface area (Å²) < 4.78 is 80.7. The Balaban J connectivity index is 4.85. The molecule has 0 aliphatic carbocycles. The van der Waals surface area contributed by atoms with Gasteiger partial charge in [-0.1, -0.05) is 0 Å². The third kappa shape index (κ3) is 1.76. The van der Waals surface area contributed by atoms with Crippen LogP contribution in [0.1, 0.15) is 0 Å². The second-order valence-electron chi connectivity index (χ2n) is 1.71. The summed E-state index contributed by atoms with van der Waals surface area (Å²) >= 11 is -1.34. The zero-order valence-corrected chi connectivity index (χ0v) is 5.95. The highest BCUT2D eigenvalue weighted by Gasteiger charge is 2.73. The van der Waals surface area contributed by atoms with Gasteiger partial charge in [0.2, 0.25) is 0 Å². The molecule has 0 rings (SSSR count). The van der Waals surface area contributed by atoms with Crippen LogP contribution in [0.25, 0.3) is 0 Å². The maximum absolute atomic E-state index is 11.8. The minimum atomic E-state index is -6.30. The first-order chi connectivity index (χ1) is 5.06. The van der Waals surface area contributed by atoms with Gasteiger partial charge in [-0.25, -0.2) is 0 Å². The number of hydrogen-bond donors (Lipinski definition) is 1. The summed E-state index contributed by atoms with van der Waals surface area (Å²) in [6, 6.07) is 0. The van der Waals surface area contributed by atoms with Crippen LogP contribution in [0, 0.1) is 0 Å². The van der Waals surface area contributed by atoms with Gasteiger partial charge < -0.3 is 0 Å². The topological polar surface area (TPSA) is 26.0 Å². The molecule has 0 heterocycles. The Kier molecular flexibility index (Phi) is 2.90. The van der Waals surface area contributed by atoms with Crippen LogP contribution in [0.3, 0.4) is 0 Å². The zero-order chi connectivity index (χ0) is 10.2. The fourth-order valence-electron chi connectivity index (χ4n) is 0.239. The quantitative estimate of drug-likeness (QED) is 0.567. The molecule has 12 heavy (non-hydrogen) atoms. The standard InChI is InChI=1S/C3H2F7NS/c4-1(5,2(6,7)8)3(9,10)12-11/h11H2. The lowest BCUT2D eigenvalue weighted by molar-refractivity contribution is -0.330. The van der Waals surface area contributed by atoms with Gasteiger partial charge in [0.1, 0.15) is 0 Å². The Labute approximate surface area is 66.2 Å². The van der Waals surface area contributed by atoms with Crippen molar-refractivity contribution in [2.45, 2.75) is 17.4 Å². The normalized spacial score (nSPS) is 15.0. The molecule has 0 aliphatic rings. The molecule has 2 N–H and O–H groups in total. The Bertz CT molecular complexity index is 163. The molecule has 0 aromatic carbocycles. The molecule has 0 aromatic heterocycles. The lowest BCUT2D eigenvalue weighted by Gasteiger charge is -2.25. The molecule has 0 amide bonds. The molecule has 0 bridgehead atoms. The van der Waals surface area contributed by atoms with Crippen molar-refractivity contribution in [1.29, 1.82) is 0 Å². The van der Waals surface area contributed by atoms with E-state index in [-0.39, 0.29) is 0 Å². The van der Waals surface area contributed by atoms with Gasteiger partial charge >= 0.3 is 17.4 Å². The second kappa shape index (κ2) is 2.95. The summed E-state index contributed by atoms with van der Waals surface area (Å²) in [6.45, 7) is 0. The van der Waals surface area contributed by atoms with Crippen LogP contribution < -0.4 is 5.14 Å². The van der Waals surface area contributed by atoms with Crippen LogP contribution in [0.15, 0.2) is 0 Å². The van der Waals surface area contributed by atoms with Crippen LogP contribution in [0.4, 0.5) is 30.7 Å². The molecule has 0 aromatic rings. The van der Waals surface area contributed by atoms with Crippen molar-refractivity contribution in [3.05, 3.63) is 0 Å². The molecule has 0 spiro atoms. The maximum Gasteiger partial charge on any atom is 0.460 e. The molecule has 0 unspecified atom stereocenters. The summed E-state index contributed by atoms with van der Waals surface area (Å²) in [7, 11) is 0. The first-order valence-corrected chi connectivity index (χ1v) is 3.14. The van der Waals surface area contributed by atoms with Crippen molar-refractivity contribution in [1.82, 2.24) is 0 Å². The second-order valence-corrected chi connectivity index (χ2v) is 2.46. The summed E-state index contributed by atoms with van der Waals surface area (Å²) in [5, 5.41) is -1.37. The molecular weight excluding hydrogens is 215 g/mol. The van der Waals surface area contributed by atoms with Crippen molar-refractivity contribution in [2.24, 2.45) is 5.14 Å². The van der Waals surface area contributed by atoms with Gasteiger partial charge in [0.05, 0.1) is 0 Å². The molecule has 0 saturated heterocycles. The Morgan fingerprint density at radius 1 is 0.833 bits per heavy atom. The predicted octanol–water partition coefficient (Wildman–Crippen LogP) is 2.38. The predicted molar refractivity (Wildman–Crippen MR) is 27.7 cm³/mol. The molecule has 0 aliphatic heterocycles. The SMILES string of the molecule is NSC(F)(F)C(F)(F)C(F)(F)F. The molecule has 9 heteroatoms. The smallest absolute Gasteiger partial charge is 0.273 e. The fourth-order valence-corrected chi connectivity index (χ4v) is 0.503. The van der Waals surface area contributed by atoms with E-state index in [9.17, 15) is 30.7 Å². The number of hydrogen-bond acceptors (Lipinski definition) is 2. The molecular formula is C3H2F7NS. The maximum atomic E-state index is 11.8. The van der Waals surface area contributed by atoms with Crippen LogP contribution in [-0.2, 0) is 0 Å². The largest absolute Gasteiger partial charge is 0.460 e. The molecule has 0 saturated carbocycles. The lowest BCUT2D eigenvalue weighted by atomic mass is 10.3. The van der Waals surface area contributed by atoms with Gasteiger partial charge in [0.15, 0.2) is 0 Å². The summed E-state index contributed by atoms with van der Waals surface area (Å²) in [5.41, 5.74) is 0. The van der Waals surface area contributed by atoms with E-state index in [1.54, 1.807) is 0 Å². The highest BCUT2D eigenvalue weighted by Crippen LogP contribution is 2.50. The van der Waals surface area contributed by atoms with Gasteiger partial charge in [-0.3, -0.25) is 5.14 Å². The molecule has 0 atom stereocenters. The fraction of sp³-hybridized carbons (Fsp3) is 1.00. The molecule has 74 valence electrons. The first-order valence-electron chi connectivity index (χ1n) is 2.26. The third-order valence-corrected chi connectivity index (χ3v) is 1.42. The minimum Gasteiger partial charge on any atom is -0.273 e. The van der Waals surface area contributed by atoms with E-state index in [4.69, 9.17) is 0 Å². The van der Waals surface area contributed by atoms with Crippen molar-refractivity contribution in [2.75, 3.05) is 0 Å². The van der Waals surface area contributed by atoms with Crippen LogP contribution in [-0.4, -0.2) is 17.4 Å². The first kappa shape index (κ1) is 11.8. The Morgan fingerprint density at radius 3 is 1.25 bits per heavy atom. The lowest BCUT2D eigenvalue weighted by Crippen LogP contribution is -2.50. The van der Waals surface area contributed by atoms with Gasteiger partial charge in [-0.15, -0.1) is 0 Å². The summed E-state index contributed by atoms with van der Waals surface area (Å²) in [4.78, 5) is 0. The van der Waals surface area contributed by atoms with E-state index >= 15 is 0 Å². The van der Waals surface area contributed by atoms with Crippen molar-refractivity contribution in [3.8, 4) is 0 Å². The van der Waals surface area contributed by atoms with E-state index in [1.807, 2.05) is 0 Å². The van der Waals surface area contributed by atoms with E-state index in [0.29, 0.717) is 0 Å². The number of alkyl halides is 7. The highest BCUT2D eigenvalue weighted by molar-refractivity contribution is 7.98. The van der Waals surface area contributed by atoms with Crippen LogP contribution in [0.2, 0.25) is 0 Å². The summed E-state index contributed by atoms with van der Waals surface area (Å²) in [5.74, 6) is -6.11. The highest BCUT2D eigenvalue weighted by atomic mass is 32.2. The monoisotopic (exact) mass is 217 g/mol. The van der Waals surface area contributed by atoms with Crippen LogP contribution in [0.5, 0.6) is 0 Å². The molecule has 1 nitrogen and oxygen atoms in total. The zero-order valence-electron chi connectivity index (χ0n) is 5.13. The van der Waals surface area contributed by atoms with E-state index in [0.717, 1.165) is 0 Å². The average Bonchev–Trinajstić information content (AvgIpc) is 1.85. The number of nitrogens with two attached hydrogens (primary N) is 1. The van der Waals surface area contributed by atoms with Gasteiger partial charge in [-0.05, 0) is 11.9 Å².